The van der Waals surface area contributed by atoms with Gasteiger partial charge in [-0.1, -0.05) is 30.3 Å². The molecular weight excluding hydrogens is 440 g/mol. The van der Waals surface area contributed by atoms with Gasteiger partial charge in [0.05, 0.1) is 21.6 Å². The molecule has 1 amide bonds. The number of sulfonamides is 1. The van der Waals surface area contributed by atoms with Crippen LogP contribution in [-0.4, -0.2) is 30.0 Å². The molecule has 170 valence electrons. The summed E-state index contributed by atoms with van der Waals surface area (Å²) < 4.78 is 30.9. The Morgan fingerprint density at radius 3 is 2.30 bits per heavy atom. The van der Waals surface area contributed by atoms with Crippen LogP contribution in [0.1, 0.15) is 5.56 Å². The summed E-state index contributed by atoms with van der Waals surface area (Å²) in [7, 11) is -0.646. The van der Waals surface area contributed by atoms with Crippen LogP contribution in [0, 0.1) is 6.92 Å². The van der Waals surface area contributed by atoms with E-state index in [1.54, 1.807) is 68.7 Å². The molecule has 0 radical (unpaired) electrons. The number of aryl methyl sites for hydroxylation is 3. The molecule has 0 saturated carbocycles. The second-order valence-electron chi connectivity index (χ2n) is 7.82. The van der Waals surface area contributed by atoms with Gasteiger partial charge in [0.15, 0.2) is 0 Å². The van der Waals surface area contributed by atoms with Crippen LogP contribution >= 0.6 is 0 Å². The molecule has 33 heavy (non-hydrogen) atoms. The number of rotatable bonds is 6. The van der Waals surface area contributed by atoms with Gasteiger partial charge in [-0.25, -0.2) is 13.2 Å². The van der Waals surface area contributed by atoms with Crippen molar-refractivity contribution in [3.8, 4) is 0 Å². The first-order valence-corrected chi connectivity index (χ1v) is 11.7. The van der Waals surface area contributed by atoms with Crippen LogP contribution in [0.25, 0.3) is 11.0 Å². The minimum absolute atomic E-state index is 0.0972. The molecule has 0 spiro atoms. The SMILES string of the molecule is Cc1cccc(N(CC(=O)Nc2ccc3c(c2)n(C)c(=O)n3C)S(=O)(=O)c2ccccc2)c1. The maximum absolute atomic E-state index is 13.4. The maximum Gasteiger partial charge on any atom is 0.328 e. The molecule has 0 aliphatic carbocycles. The molecule has 0 saturated heterocycles. The van der Waals surface area contributed by atoms with Crippen molar-refractivity contribution in [2.45, 2.75) is 11.8 Å². The summed E-state index contributed by atoms with van der Waals surface area (Å²) >= 11 is 0. The number of nitrogens with zero attached hydrogens (tertiary/aromatic N) is 3. The molecule has 0 bridgehead atoms. The number of nitrogens with one attached hydrogen (secondary N) is 1. The number of fused-ring (bicyclic) bond motifs is 1. The Kier molecular flexibility index (Phi) is 5.82. The van der Waals surface area contributed by atoms with Gasteiger partial charge >= 0.3 is 5.69 Å². The highest BCUT2D eigenvalue weighted by Gasteiger charge is 2.27. The number of carbonyl (C=O) groups excluding carboxylic acids is 1. The number of benzene rings is 3. The van der Waals surface area contributed by atoms with Gasteiger partial charge in [-0.2, -0.15) is 0 Å². The summed E-state index contributed by atoms with van der Waals surface area (Å²) in [5.41, 5.74) is 2.95. The molecule has 1 aromatic heterocycles. The Morgan fingerprint density at radius 1 is 0.909 bits per heavy atom. The fourth-order valence-corrected chi connectivity index (χ4v) is 5.17. The molecule has 0 atom stereocenters. The lowest BCUT2D eigenvalue weighted by Gasteiger charge is -2.24. The number of amides is 1. The molecule has 9 heteroatoms. The fourth-order valence-electron chi connectivity index (χ4n) is 3.73. The maximum atomic E-state index is 13.4. The normalized spacial score (nSPS) is 11.5. The molecule has 0 unspecified atom stereocenters. The monoisotopic (exact) mass is 464 g/mol. The van der Waals surface area contributed by atoms with E-state index in [4.69, 9.17) is 0 Å². The van der Waals surface area contributed by atoms with E-state index in [9.17, 15) is 18.0 Å². The van der Waals surface area contributed by atoms with E-state index < -0.39 is 22.5 Å². The van der Waals surface area contributed by atoms with E-state index in [1.165, 1.54) is 21.3 Å². The highest BCUT2D eigenvalue weighted by Crippen LogP contribution is 2.25. The zero-order chi connectivity index (χ0) is 23.8. The minimum atomic E-state index is -3.98. The topological polar surface area (TPSA) is 93.4 Å². The number of imidazole rings is 1. The third kappa shape index (κ3) is 4.27. The molecule has 4 rings (SSSR count). The molecule has 0 aliphatic rings. The lowest BCUT2D eigenvalue weighted by Crippen LogP contribution is -2.38. The molecule has 0 aliphatic heterocycles. The highest BCUT2D eigenvalue weighted by molar-refractivity contribution is 7.92. The van der Waals surface area contributed by atoms with Gasteiger partial charge in [0.1, 0.15) is 6.54 Å². The van der Waals surface area contributed by atoms with Crippen molar-refractivity contribution < 1.29 is 13.2 Å². The number of anilines is 2. The number of hydrogen-bond acceptors (Lipinski definition) is 4. The second-order valence-corrected chi connectivity index (χ2v) is 9.68. The summed E-state index contributed by atoms with van der Waals surface area (Å²) in [4.78, 5) is 25.2. The summed E-state index contributed by atoms with van der Waals surface area (Å²) in [6.07, 6.45) is 0. The quantitative estimate of drug-likeness (QED) is 0.475. The molecule has 3 aromatic carbocycles. The molecule has 1 heterocycles. The first-order valence-electron chi connectivity index (χ1n) is 10.3. The Balaban J connectivity index is 1.67. The second kappa shape index (κ2) is 8.59. The zero-order valence-corrected chi connectivity index (χ0v) is 19.3. The zero-order valence-electron chi connectivity index (χ0n) is 18.5. The lowest BCUT2D eigenvalue weighted by atomic mass is 10.2. The summed E-state index contributed by atoms with van der Waals surface area (Å²) in [5, 5.41) is 2.76. The van der Waals surface area contributed by atoms with Gasteiger partial charge in [-0.15, -0.1) is 0 Å². The van der Waals surface area contributed by atoms with E-state index in [1.807, 2.05) is 13.0 Å². The van der Waals surface area contributed by atoms with E-state index in [0.717, 1.165) is 15.4 Å². The first-order chi connectivity index (χ1) is 15.7. The van der Waals surface area contributed by atoms with Crippen molar-refractivity contribution in [2.24, 2.45) is 14.1 Å². The Labute approximate surface area is 191 Å². The summed E-state index contributed by atoms with van der Waals surface area (Å²) in [6.45, 7) is 1.45. The van der Waals surface area contributed by atoms with E-state index in [2.05, 4.69) is 5.32 Å². The van der Waals surface area contributed by atoms with Gasteiger partial charge in [-0.3, -0.25) is 18.2 Å². The first kappa shape index (κ1) is 22.3. The van der Waals surface area contributed by atoms with Gasteiger partial charge in [0.2, 0.25) is 5.91 Å². The van der Waals surface area contributed by atoms with Gasteiger partial charge < -0.3 is 5.32 Å². The van der Waals surface area contributed by atoms with E-state index in [0.29, 0.717) is 16.9 Å². The van der Waals surface area contributed by atoms with Crippen LogP contribution in [0.4, 0.5) is 11.4 Å². The number of carbonyl (C=O) groups is 1. The van der Waals surface area contributed by atoms with Crippen LogP contribution in [0.15, 0.2) is 82.5 Å². The average molecular weight is 465 g/mol. The smallest absolute Gasteiger partial charge is 0.324 e. The largest absolute Gasteiger partial charge is 0.328 e. The van der Waals surface area contributed by atoms with Crippen molar-refractivity contribution in [3.63, 3.8) is 0 Å². The number of hydrogen-bond donors (Lipinski definition) is 1. The predicted molar refractivity (Wildman–Crippen MR) is 129 cm³/mol. The predicted octanol–water partition coefficient (Wildman–Crippen LogP) is 3.02. The fraction of sp³-hybridized carbons (Fsp3) is 0.167. The highest BCUT2D eigenvalue weighted by atomic mass is 32.2. The summed E-state index contributed by atoms with van der Waals surface area (Å²) in [5.74, 6) is -0.503. The van der Waals surface area contributed by atoms with Crippen molar-refractivity contribution in [2.75, 3.05) is 16.2 Å². The van der Waals surface area contributed by atoms with E-state index >= 15 is 0 Å². The standard InChI is InChI=1S/C24H24N4O4S/c1-17-8-7-9-19(14-17)28(33(31,32)20-10-5-4-6-11-20)16-23(29)25-18-12-13-21-22(15-18)27(3)24(30)26(21)2/h4-15H,16H2,1-3H3,(H,25,29). The van der Waals surface area contributed by atoms with Gasteiger partial charge in [0, 0.05) is 19.8 Å². The van der Waals surface area contributed by atoms with Crippen molar-refractivity contribution in [3.05, 3.63) is 88.8 Å². The van der Waals surface area contributed by atoms with Crippen LogP contribution in [0.3, 0.4) is 0 Å². The Hall–Kier alpha value is -3.85. The van der Waals surface area contributed by atoms with Crippen molar-refractivity contribution in [1.82, 2.24) is 9.13 Å². The third-order valence-electron chi connectivity index (χ3n) is 5.46. The molecular formula is C24H24N4O4S. The molecule has 8 nitrogen and oxygen atoms in total. The molecule has 4 aromatic rings. The van der Waals surface area contributed by atoms with Crippen LogP contribution in [-0.2, 0) is 28.9 Å². The average Bonchev–Trinajstić information content (AvgIpc) is 3.01. The van der Waals surface area contributed by atoms with Crippen LogP contribution in [0.2, 0.25) is 0 Å². The van der Waals surface area contributed by atoms with Gasteiger partial charge in [-0.05, 0) is 55.0 Å². The van der Waals surface area contributed by atoms with E-state index in [-0.39, 0.29) is 10.6 Å². The lowest BCUT2D eigenvalue weighted by molar-refractivity contribution is -0.114. The van der Waals surface area contributed by atoms with Crippen LogP contribution in [0.5, 0.6) is 0 Å². The van der Waals surface area contributed by atoms with Gasteiger partial charge in [0.25, 0.3) is 10.0 Å². The van der Waals surface area contributed by atoms with Crippen LogP contribution < -0.4 is 15.3 Å². The minimum Gasteiger partial charge on any atom is -0.324 e. The van der Waals surface area contributed by atoms with Crippen molar-refractivity contribution in [1.29, 1.82) is 0 Å². The summed E-state index contributed by atoms with van der Waals surface area (Å²) in [6, 6.07) is 20.1. The Morgan fingerprint density at radius 2 is 1.61 bits per heavy atom. The number of aromatic nitrogens is 2. The third-order valence-corrected chi connectivity index (χ3v) is 7.25. The Bertz CT molecular complexity index is 1500. The molecule has 0 fully saturated rings. The van der Waals surface area contributed by atoms with Crippen molar-refractivity contribution >= 4 is 38.3 Å². The molecule has 1 N–H and O–H groups in total.